The summed E-state index contributed by atoms with van der Waals surface area (Å²) >= 11 is 1.75. The summed E-state index contributed by atoms with van der Waals surface area (Å²) in [5, 5.41) is 6.35. The van der Waals surface area contributed by atoms with Gasteiger partial charge in [-0.05, 0) is 59.3 Å². The van der Waals surface area contributed by atoms with Gasteiger partial charge in [-0.2, -0.15) is 11.8 Å². The van der Waals surface area contributed by atoms with Gasteiger partial charge < -0.3 is 10.6 Å². The molecule has 0 atom stereocenters. The van der Waals surface area contributed by atoms with Crippen LogP contribution in [0.2, 0.25) is 0 Å². The molecule has 0 unspecified atom stereocenters. The van der Waals surface area contributed by atoms with E-state index in [9.17, 15) is 4.79 Å². The third-order valence-corrected chi connectivity index (χ3v) is 5.74. The summed E-state index contributed by atoms with van der Waals surface area (Å²) in [5.41, 5.74) is 5.89. The predicted octanol–water partition coefficient (Wildman–Crippen LogP) is 4.77. The van der Waals surface area contributed by atoms with Gasteiger partial charge in [0.15, 0.2) is 0 Å². The number of aromatic nitrogens is 2. The summed E-state index contributed by atoms with van der Waals surface area (Å²) in [6, 6.07) is 14.1. The fraction of sp³-hybridized carbons (Fsp3) is 0.261. The van der Waals surface area contributed by atoms with Crippen LogP contribution in [-0.2, 0) is 11.2 Å². The minimum atomic E-state index is -0.0991. The largest absolute Gasteiger partial charge is 0.351 e. The zero-order valence-corrected chi connectivity index (χ0v) is 17.6. The van der Waals surface area contributed by atoms with E-state index in [4.69, 9.17) is 0 Å². The molecule has 29 heavy (non-hydrogen) atoms. The first-order chi connectivity index (χ1) is 14.0. The number of amides is 1. The molecule has 3 aromatic rings. The predicted molar refractivity (Wildman–Crippen MR) is 120 cm³/mol. The maximum atomic E-state index is 12.2. The van der Waals surface area contributed by atoms with Gasteiger partial charge in [0.05, 0.1) is 5.69 Å². The minimum absolute atomic E-state index is 0.00157. The Morgan fingerprint density at radius 3 is 2.69 bits per heavy atom. The first kappa shape index (κ1) is 19.5. The number of thioether (sulfide) groups is 1. The summed E-state index contributed by atoms with van der Waals surface area (Å²) in [5.74, 6) is 1.65. The molecule has 2 N–H and O–H groups in total. The van der Waals surface area contributed by atoms with Crippen molar-refractivity contribution in [2.75, 3.05) is 18.1 Å². The molecule has 2 aromatic heterocycles. The van der Waals surface area contributed by atoms with Crippen LogP contribution in [0.4, 0.5) is 11.5 Å². The fourth-order valence-corrected chi connectivity index (χ4v) is 4.04. The highest BCUT2D eigenvalue weighted by molar-refractivity contribution is 7.97. The molecule has 3 heterocycles. The van der Waals surface area contributed by atoms with E-state index in [1.807, 2.05) is 42.6 Å². The van der Waals surface area contributed by atoms with E-state index < -0.39 is 0 Å². The highest BCUT2D eigenvalue weighted by Gasteiger charge is 2.31. The summed E-state index contributed by atoms with van der Waals surface area (Å²) in [6.07, 6.45) is 5.68. The number of hydrogen-bond acceptors (Lipinski definition) is 5. The van der Waals surface area contributed by atoms with E-state index in [0.29, 0.717) is 6.54 Å². The molecule has 0 aliphatic carbocycles. The summed E-state index contributed by atoms with van der Waals surface area (Å²) < 4.78 is 0. The van der Waals surface area contributed by atoms with Crippen molar-refractivity contribution in [3.05, 3.63) is 71.7 Å². The van der Waals surface area contributed by atoms with E-state index in [0.717, 1.165) is 45.2 Å². The van der Waals surface area contributed by atoms with Crippen LogP contribution in [0.5, 0.6) is 0 Å². The average molecular weight is 405 g/mol. The fourth-order valence-electron chi connectivity index (χ4n) is 3.58. The Labute approximate surface area is 175 Å². The molecule has 0 fully saturated rings. The van der Waals surface area contributed by atoms with Crippen molar-refractivity contribution in [2.24, 2.45) is 0 Å². The van der Waals surface area contributed by atoms with Crippen molar-refractivity contribution in [1.29, 1.82) is 0 Å². The van der Waals surface area contributed by atoms with E-state index in [2.05, 4.69) is 46.8 Å². The van der Waals surface area contributed by atoms with E-state index in [1.54, 1.807) is 18.0 Å². The van der Waals surface area contributed by atoms with Crippen molar-refractivity contribution < 1.29 is 4.79 Å². The molecular formula is C23H24N4OS. The topological polar surface area (TPSA) is 66.9 Å². The van der Waals surface area contributed by atoms with Crippen molar-refractivity contribution in [2.45, 2.75) is 25.0 Å². The Kier molecular flexibility index (Phi) is 5.28. The smallest absolute Gasteiger partial charge is 0.251 e. The molecule has 1 aliphatic heterocycles. The van der Waals surface area contributed by atoms with Gasteiger partial charge in [0.25, 0.3) is 5.91 Å². The Bertz CT molecular complexity index is 1060. The third kappa shape index (κ3) is 4.12. The highest BCUT2D eigenvalue weighted by atomic mass is 32.2. The molecule has 6 heteroatoms. The lowest BCUT2D eigenvalue weighted by Crippen LogP contribution is -2.43. The van der Waals surface area contributed by atoms with Gasteiger partial charge in [-0.3, -0.25) is 9.78 Å². The number of anilines is 2. The molecule has 148 valence electrons. The number of carbonyl (C=O) groups excluding carboxylic acids is 1. The first-order valence-corrected chi connectivity index (χ1v) is 11.0. The lowest BCUT2D eigenvalue weighted by molar-refractivity contribution is 0.0930. The second-order valence-corrected chi connectivity index (χ2v) is 8.72. The highest BCUT2D eigenvalue weighted by Crippen LogP contribution is 2.33. The standard InChI is InChI=1S/C23H24N4OS/c1-23(2)14-26-22(28)19-5-4-15(10-20(19)23)16-6-8-25-21(11-16)27-17-7-9-24-18(12-17)13-29-3/h4-12H,13-14H2,1-3H3,(H,26,28)(H,24,25,27). The summed E-state index contributed by atoms with van der Waals surface area (Å²) in [7, 11) is 0. The van der Waals surface area contributed by atoms with Gasteiger partial charge in [0, 0.05) is 41.4 Å². The molecule has 4 rings (SSSR count). The zero-order chi connectivity index (χ0) is 20.4. The molecule has 5 nitrogen and oxygen atoms in total. The lowest BCUT2D eigenvalue weighted by Gasteiger charge is -2.32. The van der Waals surface area contributed by atoms with E-state index in [-0.39, 0.29) is 11.3 Å². The molecule has 0 radical (unpaired) electrons. The molecule has 1 aliphatic rings. The SMILES string of the molecule is CSCc1cc(Nc2cc(-c3ccc4c(c3)C(C)(C)CNC4=O)ccn2)ccn1. The van der Waals surface area contributed by atoms with Gasteiger partial charge in [-0.1, -0.05) is 19.9 Å². The van der Waals surface area contributed by atoms with Crippen molar-refractivity contribution in [3.8, 4) is 11.1 Å². The van der Waals surface area contributed by atoms with Crippen molar-refractivity contribution in [3.63, 3.8) is 0 Å². The molecule has 1 aromatic carbocycles. The number of rotatable bonds is 5. The molecular weight excluding hydrogens is 380 g/mol. The summed E-state index contributed by atoms with van der Waals surface area (Å²) in [4.78, 5) is 21.1. The second-order valence-electron chi connectivity index (χ2n) is 7.85. The number of nitrogens with one attached hydrogen (secondary N) is 2. The van der Waals surface area contributed by atoms with Gasteiger partial charge in [-0.25, -0.2) is 4.98 Å². The van der Waals surface area contributed by atoms with E-state index >= 15 is 0 Å². The molecule has 0 bridgehead atoms. The van der Waals surface area contributed by atoms with Crippen LogP contribution in [-0.4, -0.2) is 28.7 Å². The Morgan fingerprint density at radius 1 is 1.07 bits per heavy atom. The third-order valence-electron chi connectivity index (χ3n) is 5.16. The molecule has 0 saturated carbocycles. The van der Waals surface area contributed by atoms with Crippen molar-refractivity contribution in [1.82, 2.24) is 15.3 Å². The number of benzene rings is 1. The minimum Gasteiger partial charge on any atom is -0.351 e. The van der Waals surface area contributed by atoms with E-state index in [1.165, 1.54) is 0 Å². The van der Waals surface area contributed by atoms with Crippen LogP contribution in [0.25, 0.3) is 11.1 Å². The number of pyridine rings is 2. The Hall–Kier alpha value is -2.86. The van der Waals surface area contributed by atoms with Gasteiger partial charge in [0.1, 0.15) is 5.82 Å². The molecule has 0 saturated heterocycles. The molecule has 1 amide bonds. The Balaban J connectivity index is 1.64. The normalized spacial score (nSPS) is 14.8. The number of hydrogen-bond donors (Lipinski definition) is 2. The maximum absolute atomic E-state index is 12.2. The van der Waals surface area contributed by atoms with Crippen LogP contribution in [0.15, 0.2) is 54.9 Å². The number of nitrogens with zero attached hydrogens (tertiary/aromatic N) is 2. The first-order valence-electron chi connectivity index (χ1n) is 9.56. The lowest BCUT2D eigenvalue weighted by atomic mass is 9.78. The van der Waals surface area contributed by atoms with Crippen LogP contribution < -0.4 is 10.6 Å². The number of fused-ring (bicyclic) bond motifs is 1. The number of carbonyl (C=O) groups is 1. The van der Waals surface area contributed by atoms with Crippen LogP contribution in [0.1, 0.15) is 35.5 Å². The second kappa shape index (κ2) is 7.87. The van der Waals surface area contributed by atoms with Gasteiger partial charge >= 0.3 is 0 Å². The quantitative estimate of drug-likeness (QED) is 0.641. The molecule has 0 spiro atoms. The Morgan fingerprint density at radius 2 is 1.86 bits per heavy atom. The maximum Gasteiger partial charge on any atom is 0.251 e. The zero-order valence-electron chi connectivity index (χ0n) is 16.8. The monoisotopic (exact) mass is 404 g/mol. The van der Waals surface area contributed by atoms with Crippen LogP contribution >= 0.6 is 11.8 Å². The summed E-state index contributed by atoms with van der Waals surface area (Å²) in [6.45, 7) is 4.96. The van der Waals surface area contributed by atoms with Gasteiger partial charge in [-0.15, -0.1) is 0 Å². The van der Waals surface area contributed by atoms with Crippen LogP contribution in [0.3, 0.4) is 0 Å². The van der Waals surface area contributed by atoms with Gasteiger partial charge in [0.2, 0.25) is 0 Å². The van der Waals surface area contributed by atoms with Crippen molar-refractivity contribution >= 4 is 29.2 Å². The van der Waals surface area contributed by atoms with Crippen LogP contribution in [0, 0.1) is 0 Å². The average Bonchev–Trinajstić information content (AvgIpc) is 2.72.